The highest BCUT2D eigenvalue weighted by Gasteiger charge is 2.34. The molecule has 2 unspecified atom stereocenters. The first kappa shape index (κ1) is 53.3. The number of unbranched alkanes of at least 4 members (excludes halogenated alkanes) is 2. The highest BCUT2D eigenvalue weighted by Crippen LogP contribution is 2.31. The molecule has 2 saturated carbocycles. The van der Waals surface area contributed by atoms with Crippen molar-refractivity contribution >= 4 is 24.3 Å². The second kappa shape index (κ2) is 26.7. The molecule has 4 fully saturated rings. The lowest BCUT2D eigenvalue weighted by Crippen LogP contribution is -2.48. The summed E-state index contributed by atoms with van der Waals surface area (Å²) in [6.45, 7) is 11.8. The van der Waals surface area contributed by atoms with Gasteiger partial charge in [-0.05, 0) is 125 Å². The molecule has 9 nitrogen and oxygen atoms in total. The van der Waals surface area contributed by atoms with E-state index in [1.54, 1.807) is 0 Å². The summed E-state index contributed by atoms with van der Waals surface area (Å²) < 4.78 is 73.8. The van der Waals surface area contributed by atoms with Gasteiger partial charge in [-0.3, -0.25) is 14.8 Å². The zero-order valence-electron chi connectivity index (χ0n) is 36.7. The molecule has 2 aliphatic heterocycles. The van der Waals surface area contributed by atoms with E-state index in [0.29, 0.717) is 24.2 Å². The Kier molecular flexibility index (Phi) is 23.0. The summed E-state index contributed by atoms with van der Waals surface area (Å²) in [7, 11) is 0. The number of hydrogen-bond acceptors (Lipinski definition) is 7. The van der Waals surface area contributed by atoms with Crippen LogP contribution in [0.2, 0.25) is 0 Å². The first-order chi connectivity index (χ1) is 29.1. The lowest BCUT2D eigenvalue weighted by atomic mass is 9.83. The van der Waals surface area contributed by atoms with E-state index < -0.39 is 29.7 Å². The number of nitrogens with two attached hydrogens (primary N) is 1. The molecular formula is C46H71ClF6N6O3. The number of pyridine rings is 2. The summed E-state index contributed by atoms with van der Waals surface area (Å²) >= 11 is 0. The summed E-state index contributed by atoms with van der Waals surface area (Å²) in [6.07, 6.45) is 15.8. The Labute approximate surface area is 371 Å². The Morgan fingerprint density at radius 1 is 0.694 bits per heavy atom. The number of halogens is 7. The molecule has 4 aliphatic rings. The number of amides is 1. The predicted molar refractivity (Wildman–Crippen MR) is 233 cm³/mol. The molecule has 2 aromatic heterocycles. The number of aromatic nitrogens is 2. The van der Waals surface area contributed by atoms with Crippen LogP contribution < -0.4 is 11.1 Å². The molecule has 16 heteroatoms. The molecule has 0 spiro atoms. The number of nitrogens with zero attached hydrogens (tertiary/aromatic N) is 4. The van der Waals surface area contributed by atoms with Crippen LogP contribution >= 0.6 is 12.4 Å². The third-order valence-corrected chi connectivity index (χ3v) is 12.9. The number of alkyl halides is 6. The van der Waals surface area contributed by atoms with Crippen LogP contribution in [0.5, 0.6) is 0 Å². The van der Waals surface area contributed by atoms with Crippen LogP contribution in [0.25, 0.3) is 0 Å². The molecule has 1 amide bonds. The topological polar surface area (TPSA) is 125 Å². The normalized spacial score (nSPS) is 24.9. The summed E-state index contributed by atoms with van der Waals surface area (Å²) in [5.74, 6) is 1.31. The predicted octanol–water partition coefficient (Wildman–Crippen LogP) is 10.9. The maximum absolute atomic E-state index is 12.7. The molecule has 0 aromatic carbocycles. The van der Waals surface area contributed by atoms with Gasteiger partial charge in [-0.1, -0.05) is 65.2 Å². The molecule has 0 bridgehead atoms. The van der Waals surface area contributed by atoms with Gasteiger partial charge in [0.25, 0.3) is 5.91 Å². The average Bonchev–Trinajstić information content (AvgIpc) is 3.24. The van der Waals surface area contributed by atoms with Crippen LogP contribution in [-0.4, -0.2) is 88.1 Å². The highest BCUT2D eigenvalue weighted by atomic mass is 35.5. The van der Waals surface area contributed by atoms with Gasteiger partial charge in [0, 0.05) is 50.7 Å². The number of piperidine rings is 2. The molecule has 6 rings (SSSR count). The minimum absolute atomic E-state index is 0. The molecule has 6 atom stereocenters. The highest BCUT2D eigenvalue weighted by molar-refractivity contribution is 5.94. The Bertz CT molecular complexity index is 1580. The number of carboxylic acid groups (broad SMARTS) is 1. The van der Waals surface area contributed by atoms with Gasteiger partial charge in [0.15, 0.2) is 0 Å². The lowest BCUT2D eigenvalue weighted by Gasteiger charge is -2.39. The van der Waals surface area contributed by atoms with Crippen molar-refractivity contribution < 1.29 is 41.0 Å². The van der Waals surface area contributed by atoms with Crippen molar-refractivity contribution in [3.05, 3.63) is 59.2 Å². The number of nitrogens with one attached hydrogen (secondary N) is 1. The van der Waals surface area contributed by atoms with Crippen LogP contribution in [0.3, 0.4) is 0 Å². The van der Waals surface area contributed by atoms with Crippen LogP contribution in [0.15, 0.2) is 36.7 Å². The first-order valence-electron chi connectivity index (χ1n) is 22.9. The minimum atomic E-state index is -4.53. The van der Waals surface area contributed by atoms with Crippen molar-refractivity contribution in [1.82, 2.24) is 25.1 Å². The van der Waals surface area contributed by atoms with Crippen molar-refractivity contribution in [2.45, 2.75) is 154 Å². The van der Waals surface area contributed by atoms with Crippen molar-refractivity contribution in [3.8, 4) is 0 Å². The molecule has 62 heavy (non-hydrogen) atoms. The summed E-state index contributed by atoms with van der Waals surface area (Å²) in [6, 6.07) is 4.13. The van der Waals surface area contributed by atoms with Gasteiger partial charge in [-0.15, -0.1) is 12.4 Å². The number of carboxylic acids is 1. The summed E-state index contributed by atoms with van der Waals surface area (Å²) in [5, 5.41) is 11.4. The Morgan fingerprint density at radius 3 is 1.61 bits per heavy atom. The van der Waals surface area contributed by atoms with E-state index >= 15 is 0 Å². The molecule has 2 saturated heterocycles. The molecular weight excluding hydrogens is 834 g/mol. The maximum Gasteiger partial charge on any atom is 0.433 e. The molecule has 2 aromatic rings. The molecule has 352 valence electrons. The first-order valence-corrected chi connectivity index (χ1v) is 22.9. The van der Waals surface area contributed by atoms with Crippen molar-refractivity contribution in [2.24, 2.45) is 29.4 Å². The lowest BCUT2D eigenvalue weighted by molar-refractivity contribution is -0.142. The Morgan fingerprint density at radius 2 is 1.16 bits per heavy atom. The van der Waals surface area contributed by atoms with Gasteiger partial charge in [0.1, 0.15) is 11.4 Å². The molecule has 4 heterocycles. The van der Waals surface area contributed by atoms with Crippen LogP contribution in [-0.2, 0) is 12.4 Å². The molecule has 4 N–H and O–H groups in total. The van der Waals surface area contributed by atoms with Crippen molar-refractivity contribution in [1.29, 1.82) is 0 Å². The van der Waals surface area contributed by atoms with Gasteiger partial charge in [0.2, 0.25) is 0 Å². The molecule has 2 aliphatic carbocycles. The van der Waals surface area contributed by atoms with E-state index in [4.69, 9.17) is 10.8 Å². The number of carbonyl (C=O) groups excluding carboxylic acids is 1. The third-order valence-electron chi connectivity index (χ3n) is 12.9. The van der Waals surface area contributed by atoms with Gasteiger partial charge in [-0.2, -0.15) is 26.3 Å². The van der Waals surface area contributed by atoms with Crippen LogP contribution in [0, 0.1) is 23.7 Å². The SMILES string of the molecule is CCCCC1CCCN(C[C@@H]2CCCC[C@H]2N)C1.CCCCC1CCCN(C[C@@H]2CCCC[C@H]2NC(=O)c2ccc(C(F)(F)F)nc2)C1.Cl.O=C(O)c1ccc(C(F)(F)F)nc1. The standard InChI is InChI=1S/C23H34F3N3O.C16H32N2.C7H4F3NO2.ClH/c1-2-3-7-17-8-6-13-29(15-17)16-19-9-4-5-10-20(19)28-22(30)18-11-12-21(27-14-18)23(24,25)26;1-2-3-7-14-8-6-11-18(12-14)13-15-9-4-5-10-16(15)17;8-7(9,10)5-2-1-4(3-11-5)6(12)13;/h11-12,14,17,19-20H,2-10,13,15-16H2,1H3,(H,28,30);14-16H,2-13,17H2,1H3;1-3H,(H,12,13);1H/t17?,19-,20+;14?,15-,16+;;/m00../s1. The molecule has 0 radical (unpaired) electrons. The van der Waals surface area contributed by atoms with E-state index in [9.17, 15) is 35.9 Å². The Hall–Kier alpha value is -3.01. The van der Waals surface area contributed by atoms with E-state index in [-0.39, 0.29) is 35.5 Å². The van der Waals surface area contributed by atoms with E-state index in [1.807, 2.05) is 0 Å². The average molecular weight is 906 g/mol. The van der Waals surface area contributed by atoms with Crippen LogP contribution in [0.1, 0.15) is 162 Å². The van der Waals surface area contributed by atoms with Crippen LogP contribution in [0.4, 0.5) is 26.3 Å². The summed E-state index contributed by atoms with van der Waals surface area (Å²) in [5.41, 5.74) is 4.12. The number of rotatable bonds is 13. The minimum Gasteiger partial charge on any atom is -0.478 e. The maximum atomic E-state index is 12.7. The van der Waals surface area contributed by atoms with Gasteiger partial charge < -0.3 is 26.0 Å². The van der Waals surface area contributed by atoms with Gasteiger partial charge in [-0.25, -0.2) is 4.79 Å². The fraction of sp³-hybridized carbons (Fsp3) is 0.739. The Balaban J connectivity index is 0.000000272. The number of carbonyl (C=O) groups is 2. The smallest absolute Gasteiger partial charge is 0.433 e. The quantitative estimate of drug-likeness (QED) is 0.170. The zero-order valence-corrected chi connectivity index (χ0v) is 37.5. The number of hydrogen-bond donors (Lipinski definition) is 3. The fourth-order valence-electron chi connectivity index (χ4n) is 9.47. The number of aromatic carboxylic acids is 1. The fourth-order valence-corrected chi connectivity index (χ4v) is 9.47. The van der Waals surface area contributed by atoms with Crippen molar-refractivity contribution in [2.75, 3.05) is 39.3 Å². The van der Waals surface area contributed by atoms with Crippen molar-refractivity contribution in [3.63, 3.8) is 0 Å². The van der Waals surface area contributed by atoms with Gasteiger partial charge in [0.05, 0.1) is 11.1 Å². The summed E-state index contributed by atoms with van der Waals surface area (Å²) in [4.78, 5) is 34.5. The second-order valence-electron chi connectivity index (χ2n) is 17.8. The second-order valence-corrected chi connectivity index (χ2v) is 17.8. The van der Waals surface area contributed by atoms with E-state index in [2.05, 4.69) is 38.9 Å². The largest absolute Gasteiger partial charge is 0.478 e. The zero-order chi connectivity index (χ0) is 44.4. The number of likely N-dealkylation sites (tertiary alicyclic amines) is 2. The third kappa shape index (κ3) is 18.2. The van der Waals surface area contributed by atoms with Gasteiger partial charge >= 0.3 is 18.3 Å². The van der Waals surface area contributed by atoms with E-state index in [0.717, 1.165) is 75.0 Å². The van der Waals surface area contributed by atoms with E-state index in [1.165, 1.54) is 122 Å². The monoisotopic (exact) mass is 905 g/mol.